The van der Waals surface area contributed by atoms with Gasteiger partial charge >= 0.3 is 0 Å². The number of benzene rings is 4. The van der Waals surface area contributed by atoms with Crippen LogP contribution in [0.3, 0.4) is 0 Å². The normalized spacial score (nSPS) is 20.2. The predicted molar refractivity (Wildman–Crippen MR) is 159 cm³/mol. The first-order valence-electron chi connectivity index (χ1n) is 13.2. The molecule has 1 heterocycles. The highest BCUT2D eigenvalue weighted by molar-refractivity contribution is 6.30. The molecule has 3 aromatic rings. The zero-order chi connectivity index (χ0) is 26.2. The van der Waals surface area contributed by atoms with E-state index in [-0.39, 0.29) is 6.04 Å². The van der Waals surface area contributed by atoms with Crippen molar-refractivity contribution in [2.45, 2.75) is 39.2 Å². The molecular formula is C32H30Cl2N4. The van der Waals surface area contributed by atoms with Crippen LogP contribution in [-0.4, -0.2) is 15.6 Å². The van der Waals surface area contributed by atoms with E-state index >= 15 is 0 Å². The molecule has 38 heavy (non-hydrogen) atoms. The van der Waals surface area contributed by atoms with Gasteiger partial charge in [-0.1, -0.05) is 49.2 Å². The summed E-state index contributed by atoms with van der Waals surface area (Å²) >= 11 is 12.4. The molecule has 1 fully saturated rings. The van der Waals surface area contributed by atoms with Gasteiger partial charge in [0, 0.05) is 21.4 Å². The van der Waals surface area contributed by atoms with Crippen LogP contribution in [0.5, 0.6) is 0 Å². The number of nitrogens with one attached hydrogen (secondary N) is 1. The maximum Gasteiger partial charge on any atom is 0.0900 e. The Morgan fingerprint density at radius 3 is 2.18 bits per heavy atom. The Labute approximate surface area is 233 Å². The van der Waals surface area contributed by atoms with E-state index in [9.17, 15) is 0 Å². The second-order valence-corrected chi connectivity index (χ2v) is 11.5. The minimum atomic E-state index is 0.286. The summed E-state index contributed by atoms with van der Waals surface area (Å²) in [4.78, 5) is 10.4. The van der Waals surface area contributed by atoms with Gasteiger partial charge in [-0.15, -0.1) is 0 Å². The molecule has 1 aliphatic heterocycles. The van der Waals surface area contributed by atoms with Crippen molar-refractivity contribution in [1.29, 1.82) is 0 Å². The van der Waals surface area contributed by atoms with E-state index in [4.69, 9.17) is 33.2 Å². The summed E-state index contributed by atoms with van der Waals surface area (Å²) in [5.74, 6) is 1.34. The van der Waals surface area contributed by atoms with Crippen molar-refractivity contribution in [1.82, 2.24) is 9.55 Å². The molecule has 6 rings (SSSR count). The lowest BCUT2D eigenvalue weighted by atomic mass is 9.81. The van der Waals surface area contributed by atoms with Gasteiger partial charge in [0.1, 0.15) is 0 Å². The number of nitrogens with zero attached hydrogens (tertiary/aromatic N) is 3. The van der Waals surface area contributed by atoms with Crippen LogP contribution in [0.1, 0.15) is 33.1 Å². The van der Waals surface area contributed by atoms with E-state index in [0.717, 1.165) is 57.7 Å². The van der Waals surface area contributed by atoms with Crippen LogP contribution in [0.25, 0.3) is 28.1 Å². The molecule has 0 spiro atoms. The number of anilines is 2. The van der Waals surface area contributed by atoms with Crippen LogP contribution < -0.4 is 10.7 Å². The van der Waals surface area contributed by atoms with Crippen LogP contribution in [-0.2, 0) is 0 Å². The summed E-state index contributed by atoms with van der Waals surface area (Å²) in [5, 5.41) is 5.96. The maximum atomic E-state index is 6.25. The standard InChI is InChI=1S/C32H30Cl2N4/c1-20-15-21(2)17-25(16-20)36-29-19-32-30(18-28(29)35-24-11-7-22(33)8-12-24)37-27-5-3-4-6-31(27)38(32)26-13-9-23(34)10-14-26/h3-14,18-21,25,35H,15-17H2,1-2H3. The zero-order valence-corrected chi connectivity index (χ0v) is 23.0. The number of fused-ring (bicyclic) bond motifs is 2. The molecule has 6 heteroatoms. The first-order chi connectivity index (χ1) is 18.4. The predicted octanol–water partition coefficient (Wildman–Crippen LogP) is 8.91. The van der Waals surface area contributed by atoms with Crippen LogP contribution >= 0.6 is 23.2 Å². The van der Waals surface area contributed by atoms with Gasteiger partial charge in [-0.2, -0.15) is 0 Å². The van der Waals surface area contributed by atoms with Crippen molar-refractivity contribution in [2.24, 2.45) is 16.8 Å². The average molecular weight is 542 g/mol. The SMILES string of the molecule is CC1CC(C)CC(N=c2cc3n(-c4ccc(Cl)cc4)c4ccccc4nc-3cc2Nc2ccc(Cl)cc2)C1. The van der Waals surface area contributed by atoms with E-state index in [1.54, 1.807) is 0 Å². The Morgan fingerprint density at radius 2 is 1.47 bits per heavy atom. The molecule has 0 radical (unpaired) electrons. The summed E-state index contributed by atoms with van der Waals surface area (Å²) in [7, 11) is 0. The molecule has 2 atom stereocenters. The fourth-order valence-corrected chi connectivity index (χ4v) is 6.06. The summed E-state index contributed by atoms with van der Waals surface area (Å²) in [6.07, 6.45) is 3.48. The monoisotopic (exact) mass is 540 g/mol. The first-order valence-corrected chi connectivity index (χ1v) is 14.0. The van der Waals surface area contributed by atoms with Gasteiger partial charge in [0.15, 0.2) is 0 Å². The molecular weight excluding hydrogens is 511 g/mol. The van der Waals surface area contributed by atoms with E-state index < -0.39 is 0 Å². The molecule has 3 aliphatic rings. The molecule has 4 nitrogen and oxygen atoms in total. The number of hydrogen-bond donors (Lipinski definition) is 1. The van der Waals surface area contributed by atoms with Gasteiger partial charge in [-0.05, 0) is 104 Å². The fourth-order valence-electron chi connectivity index (χ4n) is 5.81. The van der Waals surface area contributed by atoms with Crippen LogP contribution in [0.15, 0.2) is 89.9 Å². The highest BCUT2D eigenvalue weighted by atomic mass is 35.5. The van der Waals surface area contributed by atoms with Crippen molar-refractivity contribution < 1.29 is 0 Å². The number of rotatable bonds is 4. The topological polar surface area (TPSA) is 42.2 Å². The Morgan fingerprint density at radius 1 is 0.816 bits per heavy atom. The average Bonchev–Trinajstić information content (AvgIpc) is 2.89. The van der Waals surface area contributed by atoms with E-state index in [0.29, 0.717) is 21.9 Å². The minimum absolute atomic E-state index is 0.286. The highest BCUT2D eigenvalue weighted by Gasteiger charge is 2.24. The molecule has 1 N–H and O–H groups in total. The third-order valence-corrected chi connectivity index (χ3v) is 7.88. The Bertz CT molecular complexity index is 1610. The lowest BCUT2D eigenvalue weighted by molar-refractivity contribution is 0.268. The number of para-hydroxylation sites is 2. The molecule has 2 unspecified atom stereocenters. The fraction of sp³-hybridized carbons (Fsp3) is 0.250. The second-order valence-electron chi connectivity index (χ2n) is 10.6. The van der Waals surface area contributed by atoms with Gasteiger partial charge < -0.3 is 9.88 Å². The molecule has 0 aromatic heterocycles. The van der Waals surface area contributed by atoms with Crippen LogP contribution in [0, 0.1) is 11.8 Å². The van der Waals surface area contributed by atoms with Crippen molar-refractivity contribution in [3.8, 4) is 17.1 Å². The first kappa shape index (κ1) is 25.0. The van der Waals surface area contributed by atoms with Gasteiger partial charge in [0.05, 0.1) is 39.5 Å². The quantitative estimate of drug-likeness (QED) is 0.231. The molecule has 3 aromatic carbocycles. The van der Waals surface area contributed by atoms with Gasteiger partial charge in [0.2, 0.25) is 0 Å². The third-order valence-electron chi connectivity index (χ3n) is 7.38. The van der Waals surface area contributed by atoms with E-state index in [1.165, 1.54) is 6.42 Å². The van der Waals surface area contributed by atoms with Crippen molar-refractivity contribution in [3.63, 3.8) is 0 Å². The zero-order valence-electron chi connectivity index (χ0n) is 21.5. The highest BCUT2D eigenvalue weighted by Crippen LogP contribution is 2.33. The number of hydrogen-bond acceptors (Lipinski definition) is 3. The third kappa shape index (κ3) is 5.16. The van der Waals surface area contributed by atoms with E-state index in [1.807, 2.05) is 42.5 Å². The number of aromatic nitrogens is 2. The summed E-state index contributed by atoms with van der Waals surface area (Å²) in [5.41, 5.74) is 6.78. The summed E-state index contributed by atoms with van der Waals surface area (Å²) in [6.45, 7) is 4.69. The van der Waals surface area contributed by atoms with Gasteiger partial charge in [-0.25, -0.2) is 4.98 Å². The molecule has 2 aliphatic carbocycles. The molecule has 192 valence electrons. The largest absolute Gasteiger partial charge is 0.354 e. The molecule has 0 saturated heterocycles. The van der Waals surface area contributed by atoms with E-state index in [2.05, 4.69) is 66.2 Å². The Hall–Kier alpha value is -3.34. The van der Waals surface area contributed by atoms with Crippen molar-refractivity contribution >= 4 is 45.6 Å². The maximum absolute atomic E-state index is 6.25. The lowest BCUT2D eigenvalue weighted by Crippen LogP contribution is -2.25. The number of halogens is 2. The van der Waals surface area contributed by atoms with Crippen molar-refractivity contribution in [3.05, 3.63) is 100 Å². The van der Waals surface area contributed by atoms with Crippen molar-refractivity contribution in [2.75, 3.05) is 5.32 Å². The smallest absolute Gasteiger partial charge is 0.0900 e. The molecule has 1 saturated carbocycles. The lowest BCUT2D eigenvalue weighted by Gasteiger charge is -2.29. The summed E-state index contributed by atoms with van der Waals surface area (Å²) < 4.78 is 2.26. The second kappa shape index (κ2) is 10.4. The minimum Gasteiger partial charge on any atom is -0.354 e. The molecule has 0 amide bonds. The summed E-state index contributed by atoms with van der Waals surface area (Å²) in [6, 6.07) is 28.6. The van der Waals surface area contributed by atoms with Gasteiger partial charge in [-0.3, -0.25) is 4.99 Å². The molecule has 0 bridgehead atoms. The van der Waals surface area contributed by atoms with Crippen LogP contribution in [0.4, 0.5) is 11.4 Å². The van der Waals surface area contributed by atoms with Crippen LogP contribution in [0.2, 0.25) is 10.0 Å². The Balaban J connectivity index is 1.60. The Kier molecular flexibility index (Phi) is 6.86. The van der Waals surface area contributed by atoms with Gasteiger partial charge in [0.25, 0.3) is 0 Å².